The summed E-state index contributed by atoms with van der Waals surface area (Å²) in [5.41, 5.74) is -0.566. The van der Waals surface area contributed by atoms with E-state index in [0.29, 0.717) is 106 Å². The van der Waals surface area contributed by atoms with Crippen molar-refractivity contribution in [1.29, 1.82) is 0 Å². The van der Waals surface area contributed by atoms with Gasteiger partial charge in [-0.1, -0.05) is 53.4 Å². The molecule has 4 rings (SSSR count). The molecule has 16 nitrogen and oxygen atoms in total. The molecule has 0 aromatic carbocycles. The lowest BCUT2D eigenvalue weighted by atomic mass is 9.92. The zero-order chi connectivity index (χ0) is 45.9. The highest BCUT2D eigenvalue weighted by atomic mass is 16.6. The van der Waals surface area contributed by atoms with E-state index < -0.39 is 5.41 Å². The van der Waals surface area contributed by atoms with E-state index in [1.807, 2.05) is 0 Å². The number of aromatic nitrogens is 8. The Labute approximate surface area is 390 Å². The van der Waals surface area contributed by atoms with Crippen molar-refractivity contribution < 1.29 is 56.2 Å². The van der Waals surface area contributed by atoms with Crippen LogP contribution in [0.15, 0.2) is 74.9 Å². The molecule has 4 aromatic rings. The molecule has 0 atom stereocenters. The van der Waals surface area contributed by atoms with E-state index >= 15 is 0 Å². The molecule has 0 N–H and O–H groups in total. The van der Waals surface area contributed by atoms with E-state index in [2.05, 4.69) is 139 Å². The highest BCUT2D eigenvalue weighted by Crippen LogP contribution is 2.21. The fourth-order valence-electron chi connectivity index (χ4n) is 7.14. The number of unbranched alkanes of at least 4 members (excludes halogenated alkanes) is 4. The topological polar surface area (TPSA) is 109 Å². The Bertz CT molecular complexity index is 1460. The Morgan fingerprint density at radius 1 is 0.323 bits per heavy atom. The van der Waals surface area contributed by atoms with Gasteiger partial charge in [-0.3, -0.25) is 0 Å². The first-order valence-corrected chi connectivity index (χ1v) is 24.9. The van der Waals surface area contributed by atoms with Gasteiger partial charge in [0.15, 0.2) is 0 Å². The van der Waals surface area contributed by atoms with Crippen molar-refractivity contribution >= 4 is 0 Å². The fourth-order valence-corrected chi connectivity index (χ4v) is 7.14. The van der Waals surface area contributed by atoms with Crippen LogP contribution in [0.4, 0.5) is 0 Å². The largest absolute Gasteiger partial charge is 0.378 e. The van der Waals surface area contributed by atoms with Crippen molar-refractivity contribution in [3.8, 4) is 0 Å². The Morgan fingerprint density at radius 2 is 0.554 bits per heavy atom. The maximum absolute atomic E-state index is 6.33. The summed E-state index contributed by atoms with van der Waals surface area (Å²) in [7, 11) is 0. The quantitative estimate of drug-likeness (QED) is 0.0474. The third-order valence-corrected chi connectivity index (χ3v) is 11.2. The minimum absolute atomic E-state index is 0.386. The van der Waals surface area contributed by atoms with Crippen molar-refractivity contribution in [3.05, 3.63) is 74.9 Å². The fraction of sp³-hybridized carbons (Fsp3) is 0.755. The number of ether oxygens (including phenoxy) is 8. The van der Waals surface area contributed by atoms with Crippen LogP contribution in [-0.4, -0.2) is 124 Å². The lowest BCUT2D eigenvalue weighted by Crippen LogP contribution is -2.43. The Balaban J connectivity index is 1.26. The van der Waals surface area contributed by atoms with Crippen LogP contribution in [0.25, 0.3) is 0 Å². The molecule has 4 aromatic heterocycles. The lowest BCUT2D eigenvalue weighted by Gasteiger charge is -2.33. The average molecular weight is 917 g/mol. The van der Waals surface area contributed by atoms with Crippen LogP contribution in [0, 0.1) is 5.41 Å². The molecule has 4 heterocycles. The molecule has 16 heteroatoms. The van der Waals surface area contributed by atoms with Gasteiger partial charge in [0, 0.05) is 0 Å². The van der Waals surface area contributed by atoms with Gasteiger partial charge < -0.3 is 37.9 Å². The van der Waals surface area contributed by atoms with Crippen molar-refractivity contribution in [2.24, 2.45) is 5.41 Å². The van der Waals surface area contributed by atoms with Gasteiger partial charge in [0.2, 0.25) is 25.3 Å². The molecule has 0 amide bonds. The number of rotatable bonds is 44. The highest BCUT2D eigenvalue weighted by Gasteiger charge is 2.33. The van der Waals surface area contributed by atoms with Gasteiger partial charge in [-0.2, -0.15) is 0 Å². The van der Waals surface area contributed by atoms with E-state index in [4.69, 9.17) is 37.9 Å². The number of imidazole rings is 4. The summed E-state index contributed by atoms with van der Waals surface area (Å²) < 4.78 is 66.9. The van der Waals surface area contributed by atoms with Gasteiger partial charge in [-0.05, 0) is 25.7 Å². The van der Waals surface area contributed by atoms with Crippen molar-refractivity contribution in [2.45, 2.75) is 131 Å². The first-order valence-electron chi connectivity index (χ1n) is 24.9. The molecule has 0 aliphatic carbocycles. The molecule has 0 bridgehead atoms. The second kappa shape index (κ2) is 34.8. The zero-order valence-electron chi connectivity index (χ0n) is 40.9. The third-order valence-electron chi connectivity index (χ3n) is 11.2. The van der Waals surface area contributed by atoms with Gasteiger partial charge in [-0.15, -0.1) is 0 Å². The molecule has 368 valence electrons. The SMILES string of the molecule is CCCC[n+]1ccn(CCOCCOCC(COCCOCCn2cc[n+](CCCC)c2)(COCCOCCn2cc[n+](CCCC)c2)COCCOCCn2cc[n+](CCCC)c2)c1. The van der Waals surface area contributed by atoms with Gasteiger partial charge in [0.05, 0.1) is 137 Å². The normalized spacial score (nSPS) is 12.0. The summed E-state index contributed by atoms with van der Waals surface area (Å²) in [5.74, 6) is 0. The average Bonchev–Trinajstić information content (AvgIpc) is 4.17. The van der Waals surface area contributed by atoms with E-state index in [1.54, 1.807) is 0 Å². The van der Waals surface area contributed by atoms with Crippen molar-refractivity contribution in [3.63, 3.8) is 0 Å². The lowest BCUT2D eigenvalue weighted by molar-refractivity contribution is -0.697. The van der Waals surface area contributed by atoms with Crippen LogP contribution in [0.1, 0.15) is 79.1 Å². The van der Waals surface area contributed by atoms with Gasteiger partial charge in [0.25, 0.3) is 0 Å². The smallest absolute Gasteiger partial charge is 0.243 e. The monoisotopic (exact) mass is 917 g/mol. The molecule has 0 radical (unpaired) electrons. The molecule has 0 saturated heterocycles. The number of hydrogen-bond acceptors (Lipinski definition) is 8. The Hall–Kier alpha value is -3.48. The summed E-state index contributed by atoms with van der Waals surface area (Å²) in [6.07, 6.45) is 34.9. The summed E-state index contributed by atoms with van der Waals surface area (Å²) in [6.45, 7) is 24.0. The molecular weight excluding hydrogens is 829 g/mol. The van der Waals surface area contributed by atoms with Crippen molar-refractivity contribution in [2.75, 3.05) is 106 Å². The zero-order valence-corrected chi connectivity index (χ0v) is 40.9. The molecule has 65 heavy (non-hydrogen) atoms. The second-order valence-corrected chi connectivity index (χ2v) is 17.1. The van der Waals surface area contributed by atoms with Crippen LogP contribution < -0.4 is 18.3 Å². The van der Waals surface area contributed by atoms with Crippen LogP contribution in [-0.2, 0) is 90.3 Å². The molecule has 0 unspecified atom stereocenters. The minimum atomic E-state index is -0.566. The van der Waals surface area contributed by atoms with Gasteiger partial charge in [0.1, 0.15) is 75.8 Å². The number of aryl methyl sites for hydroxylation is 4. The van der Waals surface area contributed by atoms with E-state index in [-0.39, 0.29) is 0 Å². The molecular formula is C49H88N8O8+4. The summed E-state index contributed by atoms with van der Waals surface area (Å²) in [5, 5.41) is 0. The number of hydrogen-bond donors (Lipinski definition) is 0. The Morgan fingerprint density at radius 3 is 0.785 bits per heavy atom. The summed E-state index contributed by atoms with van der Waals surface area (Å²) >= 11 is 0. The highest BCUT2D eigenvalue weighted by molar-refractivity contribution is 4.80. The molecule has 0 fully saturated rings. The summed E-state index contributed by atoms with van der Waals surface area (Å²) in [6, 6.07) is 0. The maximum atomic E-state index is 6.33. The molecule has 0 saturated carbocycles. The number of nitrogens with zero attached hydrogens (tertiary/aromatic N) is 8. The van der Waals surface area contributed by atoms with Crippen LogP contribution in [0.2, 0.25) is 0 Å². The molecule has 0 spiro atoms. The van der Waals surface area contributed by atoms with Crippen LogP contribution in [0.5, 0.6) is 0 Å². The maximum Gasteiger partial charge on any atom is 0.243 e. The van der Waals surface area contributed by atoms with Gasteiger partial charge in [-0.25, -0.2) is 36.5 Å². The molecule has 0 aliphatic rings. The van der Waals surface area contributed by atoms with E-state index in [0.717, 1.165) is 52.4 Å². The standard InChI is InChI=1S/C49H88N8O8/c1-5-9-13-50-17-21-54(45-50)25-29-58-33-37-62-41-49(42-63-38-34-59-30-26-55-22-18-51(46-55)14-10-6-2,43-64-39-35-60-31-27-56-23-19-52(47-56)15-11-7-3)44-65-40-36-61-32-28-57-24-20-53(48-57)16-12-8-4/h17-24,45-48H,5-16,25-44H2,1-4H3/q+4. The third kappa shape index (κ3) is 24.2. The first-order chi connectivity index (χ1) is 32.0. The van der Waals surface area contributed by atoms with E-state index in [9.17, 15) is 0 Å². The summed E-state index contributed by atoms with van der Waals surface area (Å²) in [4.78, 5) is 0. The minimum Gasteiger partial charge on any atom is -0.378 e. The Kier molecular flexibility index (Phi) is 29.0. The van der Waals surface area contributed by atoms with Crippen LogP contribution >= 0.6 is 0 Å². The predicted molar refractivity (Wildman–Crippen MR) is 247 cm³/mol. The van der Waals surface area contributed by atoms with Crippen molar-refractivity contribution in [1.82, 2.24) is 18.3 Å². The first kappa shape index (κ1) is 54.1. The van der Waals surface area contributed by atoms with E-state index in [1.165, 1.54) is 51.4 Å². The molecule has 0 aliphatic heterocycles. The predicted octanol–water partition coefficient (Wildman–Crippen LogP) is 4.46. The van der Waals surface area contributed by atoms with Gasteiger partial charge >= 0.3 is 0 Å². The van der Waals surface area contributed by atoms with Crippen LogP contribution in [0.3, 0.4) is 0 Å². The second-order valence-electron chi connectivity index (χ2n) is 17.1.